The molecule has 0 amide bonds. The lowest BCUT2D eigenvalue weighted by Crippen LogP contribution is -2.12. The van der Waals surface area contributed by atoms with Crippen LogP contribution in [0.5, 0.6) is 0 Å². The van der Waals surface area contributed by atoms with Gasteiger partial charge >= 0.3 is 0 Å². The number of hydrogen-bond donors (Lipinski definition) is 1. The van der Waals surface area contributed by atoms with Crippen LogP contribution in [0, 0.1) is 23.4 Å². The second-order valence-corrected chi connectivity index (χ2v) is 5.44. The Labute approximate surface area is 108 Å². The van der Waals surface area contributed by atoms with E-state index in [1.807, 2.05) is 13.8 Å². The third-order valence-corrected chi connectivity index (χ3v) is 3.67. The summed E-state index contributed by atoms with van der Waals surface area (Å²) in [5.74, 6) is -1.94. The first-order valence-electron chi connectivity index (χ1n) is 5.59. The molecule has 0 saturated heterocycles. The zero-order chi connectivity index (χ0) is 13.3. The summed E-state index contributed by atoms with van der Waals surface area (Å²) >= 11 is 1.42. The number of halogens is 3. The Kier molecular flexibility index (Phi) is 3.85. The fourth-order valence-corrected chi connectivity index (χ4v) is 2.74. The molecule has 2 nitrogen and oxygen atoms in total. The Morgan fingerprint density at radius 2 is 2.06 bits per heavy atom. The van der Waals surface area contributed by atoms with Gasteiger partial charge in [-0.05, 0) is 5.92 Å². The third-order valence-electron chi connectivity index (χ3n) is 2.68. The monoisotopic (exact) mass is 274 g/mol. The molecular formula is C12H13F3N2S. The van der Waals surface area contributed by atoms with Crippen molar-refractivity contribution in [3.05, 3.63) is 29.6 Å². The van der Waals surface area contributed by atoms with E-state index in [-0.39, 0.29) is 11.7 Å². The highest BCUT2D eigenvalue weighted by atomic mass is 32.2. The lowest BCUT2D eigenvalue weighted by molar-refractivity contribution is 0.498. The van der Waals surface area contributed by atoms with Crippen LogP contribution in [0.1, 0.15) is 13.8 Å². The average molecular weight is 274 g/mol. The van der Waals surface area contributed by atoms with E-state index in [4.69, 9.17) is 0 Å². The SMILES string of the molecule is CC(C)[C@H]1CSC(Nc2cc(F)cc(F)c2F)=N1. The topological polar surface area (TPSA) is 24.4 Å². The van der Waals surface area contributed by atoms with Gasteiger partial charge < -0.3 is 5.32 Å². The fourth-order valence-electron chi connectivity index (χ4n) is 1.56. The Bertz CT molecular complexity index is 488. The quantitative estimate of drug-likeness (QED) is 0.833. The normalized spacial score (nSPS) is 19.2. The molecule has 2 rings (SSSR count). The number of hydrogen-bond acceptors (Lipinski definition) is 3. The molecule has 0 unspecified atom stereocenters. The number of nitrogens with one attached hydrogen (secondary N) is 1. The van der Waals surface area contributed by atoms with Gasteiger partial charge in [-0.2, -0.15) is 0 Å². The minimum Gasteiger partial charge on any atom is -0.332 e. The van der Waals surface area contributed by atoms with Gasteiger partial charge in [-0.25, -0.2) is 13.2 Å². The molecule has 1 aromatic carbocycles. The first-order valence-corrected chi connectivity index (χ1v) is 6.58. The van der Waals surface area contributed by atoms with Crippen molar-refractivity contribution < 1.29 is 13.2 Å². The third kappa shape index (κ3) is 2.80. The Hall–Kier alpha value is -1.17. The van der Waals surface area contributed by atoms with E-state index in [9.17, 15) is 13.2 Å². The smallest absolute Gasteiger partial charge is 0.182 e. The molecule has 0 saturated carbocycles. The minimum atomic E-state index is -1.21. The molecule has 0 aromatic heterocycles. The van der Waals surface area contributed by atoms with Gasteiger partial charge in [-0.1, -0.05) is 25.6 Å². The van der Waals surface area contributed by atoms with Crippen molar-refractivity contribution in [2.24, 2.45) is 10.9 Å². The zero-order valence-electron chi connectivity index (χ0n) is 10.0. The summed E-state index contributed by atoms with van der Waals surface area (Å²) in [6.45, 7) is 4.08. The molecule has 0 spiro atoms. The molecule has 0 radical (unpaired) electrons. The molecule has 98 valence electrons. The lowest BCUT2D eigenvalue weighted by atomic mass is 10.1. The van der Waals surface area contributed by atoms with Crippen molar-refractivity contribution in [1.29, 1.82) is 0 Å². The summed E-state index contributed by atoms with van der Waals surface area (Å²) in [5, 5.41) is 3.13. The molecule has 18 heavy (non-hydrogen) atoms. The van der Waals surface area contributed by atoms with Gasteiger partial charge in [0.25, 0.3) is 0 Å². The van der Waals surface area contributed by atoms with Gasteiger partial charge in [0.1, 0.15) is 5.82 Å². The molecule has 1 aliphatic heterocycles. The number of benzene rings is 1. The Morgan fingerprint density at radius 1 is 1.33 bits per heavy atom. The minimum absolute atomic E-state index is 0.152. The van der Waals surface area contributed by atoms with E-state index < -0.39 is 17.5 Å². The van der Waals surface area contributed by atoms with Gasteiger partial charge in [0.15, 0.2) is 16.8 Å². The van der Waals surface area contributed by atoms with Gasteiger partial charge in [-0.15, -0.1) is 0 Å². The van der Waals surface area contributed by atoms with Crippen molar-refractivity contribution in [3.63, 3.8) is 0 Å². The molecule has 0 aliphatic carbocycles. The van der Waals surface area contributed by atoms with E-state index in [2.05, 4.69) is 10.3 Å². The van der Waals surface area contributed by atoms with Gasteiger partial charge in [0.2, 0.25) is 0 Å². The van der Waals surface area contributed by atoms with Gasteiger partial charge in [-0.3, -0.25) is 4.99 Å². The predicted molar refractivity (Wildman–Crippen MR) is 68.5 cm³/mol. The largest absolute Gasteiger partial charge is 0.332 e. The maximum absolute atomic E-state index is 13.4. The van der Waals surface area contributed by atoms with Crippen LogP contribution < -0.4 is 5.32 Å². The van der Waals surface area contributed by atoms with Crippen LogP contribution in [-0.4, -0.2) is 17.0 Å². The van der Waals surface area contributed by atoms with E-state index in [1.54, 1.807) is 0 Å². The van der Waals surface area contributed by atoms with Crippen LogP contribution >= 0.6 is 11.8 Å². The van der Waals surface area contributed by atoms with E-state index in [1.165, 1.54) is 11.8 Å². The number of anilines is 1. The van der Waals surface area contributed by atoms with Crippen LogP contribution in [0.4, 0.5) is 18.9 Å². The van der Waals surface area contributed by atoms with E-state index in [0.29, 0.717) is 17.2 Å². The summed E-state index contributed by atoms with van der Waals surface area (Å²) in [7, 11) is 0. The molecule has 1 N–H and O–H groups in total. The number of nitrogens with zero attached hydrogens (tertiary/aromatic N) is 1. The second kappa shape index (κ2) is 5.22. The van der Waals surface area contributed by atoms with Crippen LogP contribution in [0.25, 0.3) is 0 Å². The molecule has 1 aliphatic rings. The number of aliphatic imine (C=N–C) groups is 1. The maximum atomic E-state index is 13.4. The first kappa shape index (κ1) is 13.3. The predicted octanol–water partition coefficient (Wildman–Crippen LogP) is 3.64. The van der Waals surface area contributed by atoms with Crippen LogP contribution in [0.2, 0.25) is 0 Å². The summed E-state index contributed by atoms with van der Waals surface area (Å²) in [5.41, 5.74) is -0.219. The van der Waals surface area contributed by atoms with Crippen LogP contribution in [0.15, 0.2) is 17.1 Å². The lowest BCUT2D eigenvalue weighted by Gasteiger charge is -2.08. The zero-order valence-corrected chi connectivity index (χ0v) is 10.8. The standard InChI is InChI=1S/C12H13F3N2S/c1-6(2)10-5-18-12(17-10)16-9-4-7(13)3-8(14)11(9)15/h3-4,6,10H,5H2,1-2H3,(H,16,17)/t10-/m1/s1. The highest BCUT2D eigenvalue weighted by Crippen LogP contribution is 2.26. The number of rotatable bonds is 2. The highest BCUT2D eigenvalue weighted by Gasteiger charge is 2.22. The summed E-state index contributed by atoms with van der Waals surface area (Å²) in [6, 6.07) is 1.59. The van der Waals surface area contributed by atoms with Crippen molar-refractivity contribution in [2.75, 3.05) is 11.1 Å². The van der Waals surface area contributed by atoms with Gasteiger partial charge in [0.05, 0.1) is 11.7 Å². The summed E-state index contributed by atoms with van der Waals surface area (Å²) in [4.78, 5) is 4.34. The second-order valence-electron chi connectivity index (χ2n) is 4.43. The van der Waals surface area contributed by atoms with E-state index >= 15 is 0 Å². The number of amidine groups is 1. The fraction of sp³-hybridized carbons (Fsp3) is 0.417. The molecule has 1 heterocycles. The Balaban J connectivity index is 2.18. The maximum Gasteiger partial charge on any atom is 0.182 e. The molecule has 0 bridgehead atoms. The molecular weight excluding hydrogens is 261 g/mol. The van der Waals surface area contributed by atoms with Crippen molar-refractivity contribution >= 4 is 22.6 Å². The van der Waals surface area contributed by atoms with Crippen LogP contribution in [0.3, 0.4) is 0 Å². The molecule has 1 atom stereocenters. The molecule has 6 heteroatoms. The molecule has 1 aromatic rings. The van der Waals surface area contributed by atoms with Crippen molar-refractivity contribution in [3.8, 4) is 0 Å². The highest BCUT2D eigenvalue weighted by molar-refractivity contribution is 8.14. The van der Waals surface area contributed by atoms with Gasteiger partial charge in [0, 0.05) is 17.9 Å². The van der Waals surface area contributed by atoms with Crippen molar-refractivity contribution in [1.82, 2.24) is 0 Å². The van der Waals surface area contributed by atoms with Crippen molar-refractivity contribution in [2.45, 2.75) is 19.9 Å². The first-order chi connectivity index (χ1) is 8.47. The average Bonchev–Trinajstić information content (AvgIpc) is 2.74. The van der Waals surface area contributed by atoms with E-state index in [0.717, 1.165) is 11.8 Å². The summed E-state index contributed by atoms with van der Waals surface area (Å²) < 4.78 is 39.4. The number of thioether (sulfide) groups is 1. The summed E-state index contributed by atoms with van der Waals surface area (Å²) in [6.07, 6.45) is 0. The Morgan fingerprint density at radius 3 is 2.67 bits per heavy atom. The van der Waals surface area contributed by atoms with Crippen LogP contribution in [-0.2, 0) is 0 Å². The molecule has 0 fully saturated rings.